The van der Waals surface area contributed by atoms with E-state index in [-0.39, 0.29) is 6.54 Å². The van der Waals surface area contributed by atoms with Crippen molar-refractivity contribution in [2.24, 2.45) is 0 Å². The highest BCUT2D eigenvalue weighted by Crippen LogP contribution is 2.54. The molecule has 0 unspecified atom stereocenters. The normalized spacial score (nSPS) is 12.7. The lowest BCUT2D eigenvalue weighted by molar-refractivity contribution is -0.141. The Labute approximate surface area is 241 Å². The second-order valence-corrected chi connectivity index (χ2v) is 12.7. The van der Waals surface area contributed by atoms with Crippen molar-refractivity contribution in [3.8, 4) is 0 Å². The van der Waals surface area contributed by atoms with Crippen molar-refractivity contribution < 1.29 is 23.9 Å². The number of methoxy groups -OCH3 is 1. The number of hydrogen-bond donors (Lipinski definition) is 2. The lowest BCUT2D eigenvalue weighted by atomic mass is 9.84. The minimum absolute atomic E-state index is 0.330. The molecule has 8 heteroatoms. The summed E-state index contributed by atoms with van der Waals surface area (Å²) < 4.78 is 8.52. The summed E-state index contributed by atoms with van der Waals surface area (Å²) in [6.07, 6.45) is -0.732. The summed E-state index contributed by atoms with van der Waals surface area (Å²) in [6.45, 7) is 8.74. The Hall–Kier alpha value is -3.78. The fraction of sp³-hybridized carbons (Fsp3) is 0.344. The van der Waals surface area contributed by atoms with Gasteiger partial charge in [-0.05, 0) is 51.3 Å². The van der Waals surface area contributed by atoms with Gasteiger partial charge in [0, 0.05) is 4.75 Å². The third-order valence-corrected chi connectivity index (χ3v) is 7.99. The first kappa shape index (κ1) is 30.8. The van der Waals surface area contributed by atoms with Crippen LogP contribution >= 0.6 is 11.8 Å². The molecule has 0 saturated carbocycles. The second-order valence-electron chi connectivity index (χ2n) is 10.9. The van der Waals surface area contributed by atoms with Crippen LogP contribution in [0.25, 0.3) is 0 Å². The van der Waals surface area contributed by atoms with Gasteiger partial charge < -0.3 is 20.1 Å². The molecule has 2 amide bonds. The van der Waals surface area contributed by atoms with Crippen LogP contribution in [-0.4, -0.2) is 48.0 Å². The van der Waals surface area contributed by atoms with Gasteiger partial charge in [0.25, 0.3) is 0 Å². The van der Waals surface area contributed by atoms with Gasteiger partial charge in [-0.2, -0.15) is 0 Å². The van der Waals surface area contributed by atoms with Crippen molar-refractivity contribution in [1.29, 1.82) is 0 Å². The number of alkyl carbamates (subject to hydrolysis) is 1. The molecule has 212 valence electrons. The molecule has 7 nitrogen and oxygen atoms in total. The first-order valence-electron chi connectivity index (χ1n) is 13.1. The maximum Gasteiger partial charge on any atom is 0.408 e. The van der Waals surface area contributed by atoms with E-state index in [1.54, 1.807) is 32.5 Å². The van der Waals surface area contributed by atoms with Crippen LogP contribution in [0.15, 0.2) is 91.0 Å². The maximum atomic E-state index is 13.6. The summed E-state index contributed by atoms with van der Waals surface area (Å²) in [5.41, 5.74) is 2.26. The van der Waals surface area contributed by atoms with Crippen molar-refractivity contribution >= 4 is 29.7 Å². The zero-order chi connectivity index (χ0) is 29.4. The van der Waals surface area contributed by atoms with Gasteiger partial charge in [0.1, 0.15) is 18.2 Å². The summed E-state index contributed by atoms with van der Waals surface area (Å²) in [7, 11) is 1.25. The number of nitrogens with one attached hydrogen (secondary N) is 2. The third-order valence-electron chi connectivity index (χ3n) is 6.21. The predicted octanol–water partition coefficient (Wildman–Crippen LogP) is 5.67. The van der Waals surface area contributed by atoms with E-state index in [4.69, 9.17) is 9.47 Å². The lowest BCUT2D eigenvalue weighted by Gasteiger charge is -2.44. The van der Waals surface area contributed by atoms with Gasteiger partial charge in [-0.15, -0.1) is 11.8 Å². The molecule has 0 fully saturated rings. The zero-order valence-corrected chi connectivity index (χ0v) is 24.7. The quantitative estimate of drug-likeness (QED) is 0.244. The van der Waals surface area contributed by atoms with E-state index in [0.717, 1.165) is 16.7 Å². The lowest BCUT2D eigenvalue weighted by Crippen LogP contribution is -2.58. The van der Waals surface area contributed by atoms with Gasteiger partial charge in [0.2, 0.25) is 5.91 Å². The SMILES string of the molecule is COC(=O)CNC(=O)[C@H](NC(=O)OC(C)(C)C)C(C)(C)SC(c1ccccc1)(c1ccccc1)c1ccccc1. The topological polar surface area (TPSA) is 93.7 Å². The molecular weight excluding hydrogens is 524 g/mol. The average molecular weight is 563 g/mol. The van der Waals surface area contributed by atoms with Gasteiger partial charge in [-0.1, -0.05) is 91.0 Å². The van der Waals surface area contributed by atoms with Crippen LogP contribution in [0, 0.1) is 0 Å². The molecule has 0 bridgehead atoms. The van der Waals surface area contributed by atoms with Crippen LogP contribution in [0.4, 0.5) is 4.79 Å². The van der Waals surface area contributed by atoms with Crippen LogP contribution in [0.5, 0.6) is 0 Å². The van der Waals surface area contributed by atoms with Crippen LogP contribution in [0.2, 0.25) is 0 Å². The van der Waals surface area contributed by atoms with Crippen molar-refractivity contribution in [1.82, 2.24) is 10.6 Å². The molecule has 2 N–H and O–H groups in total. The number of benzene rings is 3. The molecule has 0 aliphatic rings. The van der Waals surface area contributed by atoms with E-state index < -0.39 is 39.1 Å². The number of rotatable bonds is 10. The standard InChI is InChI=1S/C32H38N2O5S/c1-30(2,3)39-29(37)34-27(28(36)33-22-26(35)38-6)31(4,5)40-32(23-16-10-7-11-17-23,24-18-12-8-13-19-24)25-20-14-9-15-21-25/h7-21,27H,22H2,1-6H3,(H,33,36)(H,34,37)/t27-/m0/s1. The minimum atomic E-state index is -1.08. The molecule has 3 aromatic rings. The fourth-order valence-corrected chi connectivity index (χ4v) is 6.30. The van der Waals surface area contributed by atoms with Gasteiger partial charge in [-0.25, -0.2) is 4.79 Å². The van der Waals surface area contributed by atoms with Crippen LogP contribution in [-0.2, 0) is 23.8 Å². The number of carbonyl (C=O) groups excluding carboxylic acids is 3. The monoisotopic (exact) mass is 562 g/mol. The van der Waals surface area contributed by atoms with Crippen molar-refractivity contribution in [2.45, 2.75) is 55.8 Å². The molecule has 0 heterocycles. The van der Waals surface area contributed by atoms with E-state index in [1.807, 2.05) is 68.4 Å². The Bertz CT molecular complexity index is 1180. The largest absolute Gasteiger partial charge is 0.468 e. The minimum Gasteiger partial charge on any atom is -0.468 e. The van der Waals surface area contributed by atoms with Gasteiger partial charge in [-0.3, -0.25) is 9.59 Å². The Morgan fingerprint density at radius 1 is 0.750 bits per heavy atom. The number of amides is 2. The summed E-state index contributed by atoms with van der Waals surface area (Å²) in [5.74, 6) is -1.13. The number of thioether (sulfide) groups is 1. The van der Waals surface area contributed by atoms with E-state index in [2.05, 4.69) is 47.0 Å². The summed E-state index contributed by atoms with van der Waals surface area (Å²) in [4.78, 5) is 38.4. The highest BCUT2D eigenvalue weighted by atomic mass is 32.2. The summed E-state index contributed by atoms with van der Waals surface area (Å²) >= 11 is 1.54. The van der Waals surface area contributed by atoms with E-state index in [9.17, 15) is 14.4 Å². The maximum absolute atomic E-state index is 13.6. The predicted molar refractivity (Wildman–Crippen MR) is 159 cm³/mol. The molecule has 0 saturated heterocycles. The Balaban J connectivity index is 2.16. The highest BCUT2D eigenvalue weighted by molar-refractivity contribution is 8.02. The van der Waals surface area contributed by atoms with Crippen molar-refractivity contribution in [3.05, 3.63) is 108 Å². The van der Waals surface area contributed by atoms with Crippen LogP contribution < -0.4 is 10.6 Å². The van der Waals surface area contributed by atoms with Gasteiger partial charge in [0.05, 0.1) is 11.9 Å². The Morgan fingerprint density at radius 2 is 1.18 bits per heavy atom. The Morgan fingerprint density at radius 3 is 1.55 bits per heavy atom. The molecule has 3 aromatic carbocycles. The van der Waals surface area contributed by atoms with E-state index in [0.29, 0.717) is 0 Å². The fourth-order valence-electron chi connectivity index (χ4n) is 4.46. The molecule has 1 atom stereocenters. The highest BCUT2D eigenvalue weighted by Gasteiger charge is 2.47. The molecular formula is C32H38N2O5S. The zero-order valence-electron chi connectivity index (χ0n) is 23.9. The van der Waals surface area contributed by atoms with Crippen molar-refractivity contribution in [2.75, 3.05) is 13.7 Å². The van der Waals surface area contributed by atoms with Gasteiger partial charge >= 0.3 is 12.1 Å². The van der Waals surface area contributed by atoms with E-state index >= 15 is 0 Å². The molecule has 0 radical (unpaired) electrons. The van der Waals surface area contributed by atoms with E-state index in [1.165, 1.54) is 7.11 Å². The smallest absolute Gasteiger partial charge is 0.408 e. The molecule has 40 heavy (non-hydrogen) atoms. The Kier molecular flexibility index (Phi) is 10.0. The molecule has 0 aromatic heterocycles. The van der Waals surface area contributed by atoms with Crippen molar-refractivity contribution in [3.63, 3.8) is 0 Å². The number of hydrogen-bond acceptors (Lipinski definition) is 6. The average Bonchev–Trinajstić information content (AvgIpc) is 2.93. The number of carbonyl (C=O) groups is 3. The van der Waals surface area contributed by atoms with Crippen LogP contribution in [0.3, 0.4) is 0 Å². The first-order chi connectivity index (χ1) is 18.9. The molecule has 3 rings (SSSR count). The molecule has 0 aliphatic carbocycles. The number of ether oxygens (including phenoxy) is 2. The molecule has 0 aliphatic heterocycles. The van der Waals surface area contributed by atoms with Crippen LogP contribution in [0.1, 0.15) is 51.3 Å². The summed E-state index contributed by atoms with van der Waals surface area (Å²) in [5, 5.41) is 5.40. The molecule has 0 spiro atoms. The summed E-state index contributed by atoms with van der Waals surface area (Å²) in [6, 6.07) is 29.2. The third kappa shape index (κ3) is 7.66. The number of esters is 1. The first-order valence-corrected chi connectivity index (χ1v) is 13.9. The van der Waals surface area contributed by atoms with Gasteiger partial charge in [0.15, 0.2) is 0 Å². The second kappa shape index (κ2) is 13.0.